The zero-order valence-electron chi connectivity index (χ0n) is 20.9. The van der Waals surface area contributed by atoms with E-state index < -0.39 is 5.91 Å². The summed E-state index contributed by atoms with van der Waals surface area (Å²) in [5, 5.41) is 8.82. The Hall–Kier alpha value is -3.69. The molecule has 2 heterocycles. The molecule has 37 heavy (non-hydrogen) atoms. The predicted molar refractivity (Wildman–Crippen MR) is 144 cm³/mol. The SMILES string of the molecule is CC(C)(CNC(=O)c1[nH]cnc1C(=O)Nc1ccc(NC(=O)c2ccccc2Cl)cc1)N1CCCCC1. The number of rotatable bonds is 8. The number of aromatic amines is 1. The summed E-state index contributed by atoms with van der Waals surface area (Å²) in [4.78, 5) is 47.4. The first-order chi connectivity index (χ1) is 17.7. The highest BCUT2D eigenvalue weighted by atomic mass is 35.5. The quantitative estimate of drug-likeness (QED) is 0.346. The molecule has 3 aromatic rings. The van der Waals surface area contributed by atoms with Crippen LogP contribution in [0.15, 0.2) is 54.9 Å². The molecule has 0 saturated carbocycles. The number of nitrogens with one attached hydrogen (secondary N) is 4. The summed E-state index contributed by atoms with van der Waals surface area (Å²) < 4.78 is 0. The van der Waals surface area contributed by atoms with Gasteiger partial charge in [-0.2, -0.15) is 0 Å². The Morgan fingerprint density at radius 2 is 1.54 bits per heavy atom. The summed E-state index contributed by atoms with van der Waals surface area (Å²) in [7, 11) is 0. The molecule has 194 valence electrons. The Bertz CT molecular complexity index is 1270. The minimum atomic E-state index is -0.519. The van der Waals surface area contributed by atoms with Crippen molar-refractivity contribution in [1.29, 1.82) is 0 Å². The smallest absolute Gasteiger partial charge is 0.276 e. The number of anilines is 2. The molecule has 1 fully saturated rings. The van der Waals surface area contributed by atoms with Gasteiger partial charge >= 0.3 is 0 Å². The molecule has 10 heteroatoms. The standard InChI is InChI=1S/C27H31ClN6O3/c1-27(2,34-14-6-3-7-15-34)16-29-25(36)22-23(31-17-30-22)26(37)33-19-12-10-18(11-13-19)32-24(35)20-8-4-5-9-21(20)28/h4-5,8-13,17H,3,6-7,14-16H2,1-2H3,(H,29,36)(H,30,31)(H,32,35)(H,33,37). The molecule has 4 N–H and O–H groups in total. The summed E-state index contributed by atoms with van der Waals surface area (Å²) in [6, 6.07) is 13.4. The number of H-pyrrole nitrogens is 1. The van der Waals surface area contributed by atoms with Gasteiger partial charge in [-0.05, 0) is 76.2 Å². The van der Waals surface area contributed by atoms with Crippen molar-refractivity contribution in [3.63, 3.8) is 0 Å². The molecule has 0 spiro atoms. The number of carbonyl (C=O) groups excluding carboxylic acids is 3. The molecule has 1 aliphatic heterocycles. The van der Waals surface area contributed by atoms with E-state index in [0.29, 0.717) is 28.5 Å². The first kappa shape index (κ1) is 26.4. The number of benzene rings is 2. The Kier molecular flexibility index (Phi) is 8.25. The summed E-state index contributed by atoms with van der Waals surface area (Å²) >= 11 is 6.08. The molecule has 0 unspecified atom stereocenters. The monoisotopic (exact) mass is 522 g/mol. The van der Waals surface area contributed by atoms with Crippen LogP contribution in [0.2, 0.25) is 5.02 Å². The van der Waals surface area contributed by atoms with Gasteiger partial charge in [0.05, 0.1) is 16.9 Å². The average Bonchev–Trinajstić information content (AvgIpc) is 3.40. The molecule has 1 aliphatic rings. The Labute approximate surface area is 221 Å². The lowest BCUT2D eigenvalue weighted by Gasteiger charge is -2.41. The molecule has 1 aromatic heterocycles. The topological polar surface area (TPSA) is 119 Å². The van der Waals surface area contributed by atoms with Crippen LogP contribution in [0, 0.1) is 0 Å². The fourth-order valence-electron chi connectivity index (χ4n) is 4.31. The van der Waals surface area contributed by atoms with Crippen molar-refractivity contribution in [1.82, 2.24) is 20.2 Å². The molecule has 0 radical (unpaired) electrons. The number of hydrogen-bond donors (Lipinski definition) is 4. The summed E-state index contributed by atoms with van der Waals surface area (Å²) in [5.41, 5.74) is 1.31. The van der Waals surface area contributed by atoms with Gasteiger partial charge in [0.25, 0.3) is 17.7 Å². The van der Waals surface area contributed by atoms with Crippen LogP contribution in [0.5, 0.6) is 0 Å². The van der Waals surface area contributed by atoms with E-state index in [0.717, 1.165) is 25.9 Å². The summed E-state index contributed by atoms with van der Waals surface area (Å²) in [6.45, 7) is 6.71. The van der Waals surface area contributed by atoms with Crippen LogP contribution < -0.4 is 16.0 Å². The van der Waals surface area contributed by atoms with Gasteiger partial charge in [0, 0.05) is 23.5 Å². The van der Waals surface area contributed by atoms with Crippen LogP contribution in [-0.4, -0.2) is 57.8 Å². The lowest BCUT2D eigenvalue weighted by Crippen LogP contribution is -2.53. The zero-order valence-corrected chi connectivity index (χ0v) is 21.7. The molecule has 0 aliphatic carbocycles. The van der Waals surface area contributed by atoms with E-state index in [1.165, 1.54) is 12.7 Å². The third-order valence-electron chi connectivity index (χ3n) is 6.49. The van der Waals surface area contributed by atoms with Crippen molar-refractivity contribution in [3.05, 3.63) is 76.8 Å². The molecule has 0 bridgehead atoms. The number of amides is 3. The summed E-state index contributed by atoms with van der Waals surface area (Å²) in [6.07, 6.45) is 4.90. The van der Waals surface area contributed by atoms with E-state index >= 15 is 0 Å². The zero-order chi connectivity index (χ0) is 26.4. The highest BCUT2D eigenvalue weighted by Gasteiger charge is 2.29. The second kappa shape index (κ2) is 11.6. The third kappa shape index (κ3) is 6.55. The fourth-order valence-corrected chi connectivity index (χ4v) is 4.53. The van der Waals surface area contributed by atoms with Gasteiger partial charge in [0.2, 0.25) is 0 Å². The number of imidazole rings is 1. The maximum atomic E-state index is 12.9. The molecule has 3 amide bonds. The third-order valence-corrected chi connectivity index (χ3v) is 6.82. The Morgan fingerprint density at radius 1 is 0.919 bits per heavy atom. The minimum absolute atomic E-state index is 0.00405. The lowest BCUT2D eigenvalue weighted by molar-refractivity contribution is 0.0792. The largest absolute Gasteiger partial charge is 0.349 e. The van der Waals surface area contributed by atoms with E-state index in [-0.39, 0.29) is 28.7 Å². The number of likely N-dealkylation sites (tertiary alicyclic amines) is 1. The van der Waals surface area contributed by atoms with Gasteiger partial charge in [0.1, 0.15) is 5.69 Å². The van der Waals surface area contributed by atoms with E-state index in [2.05, 4.69) is 44.7 Å². The molecule has 9 nitrogen and oxygen atoms in total. The van der Waals surface area contributed by atoms with Crippen LogP contribution in [0.1, 0.15) is 64.4 Å². The van der Waals surface area contributed by atoms with E-state index in [4.69, 9.17) is 11.6 Å². The van der Waals surface area contributed by atoms with Crippen molar-refractivity contribution in [2.75, 3.05) is 30.3 Å². The van der Waals surface area contributed by atoms with Gasteiger partial charge < -0.3 is 20.9 Å². The van der Waals surface area contributed by atoms with E-state index in [1.807, 2.05) is 0 Å². The Balaban J connectivity index is 1.34. The second-order valence-electron chi connectivity index (χ2n) is 9.63. The van der Waals surface area contributed by atoms with Crippen LogP contribution in [0.4, 0.5) is 11.4 Å². The van der Waals surface area contributed by atoms with Gasteiger partial charge in [-0.1, -0.05) is 30.2 Å². The molecule has 0 atom stereocenters. The van der Waals surface area contributed by atoms with Gasteiger partial charge in [0.15, 0.2) is 5.69 Å². The second-order valence-corrected chi connectivity index (χ2v) is 10.0. The maximum Gasteiger partial charge on any atom is 0.276 e. The average molecular weight is 523 g/mol. The molecular weight excluding hydrogens is 492 g/mol. The number of carbonyl (C=O) groups is 3. The first-order valence-corrected chi connectivity index (χ1v) is 12.7. The van der Waals surface area contributed by atoms with Gasteiger partial charge in [-0.25, -0.2) is 4.98 Å². The number of hydrogen-bond acceptors (Lipinski definition) is 5. The fraction of sp³-hybridized carbons (Fsp3) is 0.333. The predicted octanol–water partition coefficient (Wildman–Crippen LogP) is 4.56. The number of aromatic nitrogens is 2. The van der Waals surface area contributed by atoms with Crippen LogP contribution in [0.25, 0.3) is 0 Å². The maximum absolute atomic E-state index is 12.9. The lowest BCUT2D eigenvalue weighted by atomic mass is 9.98. The highest BCUT2D eigenvalue weighted by molar-refractivity contribution is 6.34. The number of halogens is 1. The first-order valence-electron chi connectivity index (χ1n) is 12.3. The van der Waals surface area contributed by atoms with Crippen LogP contribution in [-0.2, 0) is 0 Å². The summed E-state index contributed by atoms with van der Waals surface area (Å²) in [5.74, 6) is -1.24. The number of piperidine rings is 1. The Morgan fingerprint density at radius 3 is 2.19 bits per heavy atom. The van der Waals surface area contributed by atoms with Crippen molar-refractivity contribution in [2.45, 2.75) is 38.6 Å². The molecular formula is C27H31ClN6O3. The van der Waals surface area contributed by atoms with Gasteiger partial charge in [-0.15, -0.1) is 0 Å². The van der Waals surface area contributed by atoms with Crippen LogP contribution in [0.3, 0.4) is 0 Å². The van der Waals surface area contributed by atoms with Gasteiger partial charge in [-0.3, -0.25) is 19.3 Å². The molecule has 4 rings (SSSR count). The van der Waals surface area contributed by atoms with Crippen LogP contribution >= 0.6 is 11.6 Å². The van der Waals surface area contributed by atoms with Crippen molar-refractivity contribution >= 4 is 40.7 Å². The molecule has 1 saturated heterocycles. The minimum Gasteiger partial charge on any atom is -0.349 e. The number of nitrogens with zero attached hydrogens (tertiary/aromatic N) is 2. The highest BCUT2D eigenvalue weighted by Crippen LogP contribution is 2.21. The molecule has 2 aromatic carbocycles. The van der Waals surface area contributed by atoms with Crippen molar-refractivity contribution < 1.29 is 14.4 Å². The van der Waals surface area contributed by atoms with Crippen molar-refractivity contribution in [3.8, 4) is 0 Å². The van der Waals surface area contributed by atoms with Crippen molar-refractivity contribution in [2.24, 2.45) is 0 Å². The normalized spacial score (nSPS) is 14.1. The van der Waals surface area contributed by atoms with E-state index in [9.17, 15) is 14.4 Å². The van der Waals surface area contributed by atoms with E-state index in [1.54, 1.807) is 48.5 Å².